The van der Waals surface area contributed by atoms with Gasteiger partial charge in [-0.05, 0) is 17.4 Å². The summed E-state index contributed by atoms with van der Waals surface area (Å²) in [6, 6.07) is 10.1. The van der Waals surface area contributed by atoms with Crippen LogP contribution in [-0.2, 0) is 31.9 Å². The molecule has 0 radical (unpaired) electrons. The van der Waals surface area contributed by atoms with Gasteiger partial charge in [-0.25, -0.2) is 4.79 Å². The predicted octanol–water partition coefficient (Wildman–Crippen LogP) is 3.19. The van der Waals surface area contributed by atoms with E-state index in [1.807, 2.05) is 0 Å². The molecule has 0 aromatic heterocycles. The predicted molar refractivity (Wildman–Crippen MR) is 69.2 cm³/mol. The Hall–Kier alpha value is -2.18. The molecule has 0 saturated carbocycles. The van der Waals surface area contributed by atoms with Crippen molar-refractivity contribution in [1.82, 2.24) is 0 Å². The van der Waals surface area contributed by atoms with Crippen molar-refractivity contribution in [2.45, 2.75) is 6.18 Å². The van der Waals surface area contributed by atoms with Crippen molar-refractivity contribution in [1.29, 1.82) is 0 Å². The Balaban J connectivity index is 0.00000242. The number of halogens is 3. The number of carbonyl (C=O) groups is 1. The van der Waals surface area contributed by atoms with Gasteiger partial charge in [-0.2, -0.15) is 13.2 Å². The van der Waals surface area contributed by atoms with Gasteiger partial charge in [0.15, 0.2) is 0 Å². The van der Waals surface area contributed by atoms with Crippen LogP contribution in [0.2, 0.25) is 0 Å². The summed E-state index contributed by atoms with van der Waals surface area (Å²) in [4.78, 5) is 10.5. The van der Waals surface area contributed by atoms with Crippen LogP contribution >= 0.6 is 0 Å². The minimum atomic E-state index is -5.08. The molecule has 0 bridgehead atoms. The van der Waals surface area contributed by atoms with Gasteiger partial charge in [0.1, 0.15) is 6.11 Å². The Morgan fingerprint density at radius 2 is 1.68 bits per heavy atom. The van der Waals surface area contributed by atoms with Gasteiger partial charge < -0.3 is 11.2 Å². The van der Waals surface area contributed by atoms with Crippen molar-refractivity contribution in [3.63, 3.8) is 0 Å². The van der Waals surface area contributed by atoms with E-state index in [2.05, 4.69) is 16.6 Å². The van der Waals surface area contributed by atoms with E-state index in [9.17, 15) is 18.0 Å². The molecule has 114 valence electrons. The fraction of sp³-hybridized carbons (Fsp3) is 0.0625. The molecule has 0 aliphatic heterocycles. The average Bonchev–Trinajstić information content (AvgIpc) is 2.45. The first-order valence-electron chi connectivity index (χ1n) is 5.67. The molecule has 0 spiro atoms. The van der Waals surface area contributed by atoms with Crippen molar-refractivity contribution >= 4 is 16.7 Å². The third kappa shape index (κ3) is 3.93. The molecule has 2 nitrogen and oxygen atoms in total. The normalized spacial score (nSPS) is 9.91. The summed E-state index contributed by atoms with van der Waals surface area (Å²) in [6.45, 7) is 0. The van der Waals surface area contributed by atoms with E-state index >= 15 is 0 Å². The minimum absolute atomic E-state index is 0. The topological polar surface area (TPSA) is 26.3 Å². The Labute approximate surface area is 140 Å². The summed E-state index contributed by atoms with van der Waals surface area (Å²) < 4.78 is 39.7. The Morgan fingerprint density at radius 3 is 2.23 bits per heavy atom. The molecule has 2 rings (SSSR count). The molecule has 22 heavy (non-hydrogen) atoms. The van der Waals surface area contributed by atoms with Crippen LogP contribution in [-0.4, -0.2) is 12.1 Å². The van der Waals surface area contributed by atoms with Gasteiger partial charge >= 0.3 is 34.5 Å². The van der Waals surface area contributed by atoms with Crippen molar-refractivity contribution in [2.75, 3.05) is 0 Å². The van der Waals surface area contributed by atoms with Gasteiger partial charge in [-0.15, -0.1) is 11.6 Å². The monoisotopic (exact) mass is 394 g/mol. The van der Waals surface area contributed by atoms with Crippen LogP contribution < -0.4 is 0 Å². The fourth-order valence-electron chi connectivity index (χ4n) is 1.73. The van der Waals surface area contributed by atoms with E-state index in [-0.39, 0.29) is 22.4 Å². The summed E-state index contributed by atoms with van der Waals surface area (Å²) >= 11 is 0. The number of alkyl halides is 3. The Kier molecular flexibility index (Phi) is 5.84. The molecule has 0 heterocycles. The van der Waals surface area contributed by atoms with E-state index in [4.69, 9.17) is 6.42 Å². The van der Waals surface area contributed by atoms with Crippen LogP contribution in [0.4, 0.5) is 13.2 Å². The molecule has 0 unspecified atom stereocenters. The quantitative estimate of drug-likeness (QED) is 0.297. The van der Waals surface area contributed by atoms with Crippen LogP contribution in [0.25, 0.3) is 10.8 Å². The van der Waals surface area contributed by atoms with Gasteiger partial charge in [0.2, 0.25) is 0 Å². The Bertz CT molecular complexity index is 803. The molecule has 0 aliphatic rings. The second-order valence-electron chi connectivity index (χ2n) is 3.95. The smallest absolute Gasteiger partial charge is 0.366 e. The summed E-state index contributed by atoms with van der Waals surface area (Å²) in [5, 5.41) is 1.31. The SMILES string of the molecule is [Ag+].[C-]#Cc1cccc2cccc(C#COC(=O)C(F)(F)F)c12. The fourth-order valence-corrected chi connectivity index (χ4v) is 1.73. The van der Waals surface area contributed by atoms with Gasteiger partial charge in [0.05, 0.1) is 0 Å². The van der Waals surface area contributed by atoms with Crippen molar-refractivity contribution in [3.8, 4) is 17.9 Å². The van der Waals surface area contributed by atoms with Gasteiger partial charge in [0.25, 0.3) is 0 Å². The third-order valence-corrected chi connectivity index (χ3v) is 2.60. The second kappa shape index (κ2) is 7.20. The number of carbonyl (C=O) groups excluding carboxylic acids is 1. The summed E-state index contributed by atoms with van der Waals surface area (Å²) in [5.74, 6) is 2.21. The molecule has 2 aromatic carbocycles. The molecule has 0 saturated heterocycles. The molecular formula is C16H6AgF3O2. The number of rotatable bonds is 0. The standard InChI is InChI=1S/C16H6F3O2.Ag/c1-2-11-5-3-6-12-7-4-8-13(14(11)12)9-10-21-15(20)16(17,18)19;/h3-8H;/q-1;+1. The number of esters is 1. The van der Waals surface area contributed by atoms with E-state index in [1.165, 1.54) is 0 Å². The van der Waals surface area contributed by atoms with Crippen LogP contribution in [0, 0.1) is 24.4 Å². The van der Waals surface area contributed by atoms with Gasteiger partial charge in [-0.1, -0.05) is 29.7 Å². The number of benzene rings is 2. The van der Waals surface area contributed by atoms with E-state index < -0.39 is 12.1 Å². The van der Waals surface area contributed by atoms with Crippen molar-refractivity contribution < 1.29 is 45.1 Å². The van der Waals surface area contributed by atoms with E-state index in [0.29, 0.717) is 16.5 Å². The summed E-state index contributed by atoms with van der Waals surface area (Å²) in [5.41, 5.74) is 0.789. The number of fused-ring (bicyclic) bond motifs is 1. The molecule has 0 atom stereocenters. The number of hydrogen-bond acceptors (Lipinski definition) is 2. The maximum Gasteiger partial charge on any atom is 1.00 e. The van der Waals surface area contributed by atoms with Crippen LogP contribution in [0.5, 0.6) is 0 Å². The first-order chi connectivity index (χ1) is 9.93. The first kappa shape index (κ1) is 17.9. The molecule has 2 aromatic rings. The van der Waals surface area contributed by atoms with E-state index in [1.54, 1.807) is 42.5 Å². The van der Waals surface area contributed by atoms with Crippen LogP contribution in [0.1, 0.15) is 11.1 Å². The maximum absolute atomic E-state index is 12.0. The molecule has 0 aliphatic carbocycles. The second-order valence-corrected chi connectivity index (χ2v) is 3.95. The summed E-state index contributed by atoms with van der Waals surface area (Å²) in [6.07, 6.45) is 3.88. The Morgan fingerprint density at radius 1 is 1.09 bits per heavy atom. The minimum Gasteiger partial charge on any atom is -0.366 e. The third-order valence-electron chi connectivity index (χ3n) is 2.60. The molecule has 0 fully saturated rings. The van der Waals surface area contributed by atoms with E-state index in [0.717, 1.165) is 5.39 Å². The molecule has 0 amide bonds. The zero-order valence-electron chi connectivity index (χ0n) is 10.7. The first-order valence-corrected chi connectivity index (χ1v) is 5.67. The zero-order valence-corrected chi connectivity index (χ0v) is 12.2. The molecule has 6 heteroatoms. The molecule has 0 N–H and O–H groups in total. The van der Waals surface area contributed by atoms with Gasteiger partial charge in [0, 0.05) is 5.56 Å². The van der Waals surface area contributed by atoms with Crippen molar-refractivity contribution in [2.24, 2.45) is 0 Å². The van der Waals surface area contributed by atoms with Crippen LogP contribution in [0.15, 0.2) is 36.4 Å². The van der Waals surface area contributed by atoms with Crippen LogP contribution in [0.3, 0.4) is 0 Å². The summed E-state index contributed by atoms with van der Waals surface area (Å²) in [7, 11) is 0. The van der Waals surface area contributed by atoms with Gasteiger partial charge in [-0.3, -0.25) is 5.92 Å². The zero-order chi connectivity index (χ0) is 15.5. The molecular weight excluding hydrogens is 389 g/mol. The number of ether oxygens (including phenoxy) is 1. The largest absolute Gasteiger partial charge is 1.00 e. The van der Waals surface area contributed by atoms with Crippen molar-refractivity contribution in [3.05, 3.63) is 53.9 Å². The maximum atomic E-state index is 12.0. The average molecular weight is 395 g/mol. The number of hydrogen-bond donors (Lipinski definition) is 0.